The molecule has 0 radical (unpaired) electrons. The minimum Gasteiger partial charge on any atom is -0.444 e. The Morgan fingerprint density at radius 3 is 2.30 bits per heavy atom. The van der Waals surface area contributed by atoms with Crippen LogP contribution in [-0.4, -0.2) is 24.3 Å². The fourth-order valence-corrected chi connectivity index (χ4v) is 2.73. The first kappa shape index (κ1) is 20.9. The number of alkyl carbamates (subject to hydrolysis) is 1. The normalized spacial score (nSPS) is 13.7. The Balaban J connectivity index is 2.01. The molecule has 2 aromatic carbocycles. The Morgan fingerprint density at radius 1 is 1.07 bits per heavy atom. The Bertz CT molecular complexity index is 711. The van der Waals surface area contributed by atoms with E-state index < -0.39 is 11.7 Å². The van der Waals surface area contributed by atoms with Crippen molar-refractivity contribution in [3.8, 4) is 0 Å². The lowest BCUT2D eigenvalue weighted by Crippen LogP contribution is -2.45. The lowest BCUT2D eigenvalue weighted by molar-refractivity contribution is 0.0503. The number of hydrogen-bond donors (Lipinski definition) is 2. The topological polar surface area (TPSA) is 50.4 Å². The van der Waals surface area contributed by atoms with E-state index in [4.69, 9.17) is 4.74 Å². The van der Waals surface area contributed by atoms with E-state index in [0.717, 1.165) is 5.56 Å². The number of hydrogen-bond acceptors (Lipinski definition) is 3. The van der Waals surface area contributed by atoms with E-state index >= 15 is 0 Å². The lowest BCUT2D eigenvalue weighted by Gasteiger charge is -2.25. The van der Waals surface area contributed by atoms with Gasteiger partial charge in [-0.1, -0.05) is 42.5 Å². The fraction of sp³-hybridized carbons (Fsp3) is 0.409. The highest BCUT2D eigenvalue weighted by atomic mass is 19.1. The van der Waals surface area contributed by atoms with Crippen molar-refractivity contribution in [1.29, 1.82) is 0 Å². The highest BCUT2D eigenvalue weighted by Crippen LogP contribution is 2.13. The van der Waals surface area contributed by atoms with Crippen LogP contribution in [0.25, 0.3) is 0 Å². The molecule has 146 valence electrons. The molecule has 4 nitrogen and oxygen atoms in total. The van der Waals surface area contributed by atoms with Crippen LogP contribution in [0, 0.1) is 5.82 Å². The van der Waals surface area contributed by atoms with Crippen LogP contribution in [0.5, 0.6) is 0 Å². The number of rotatable bonds is 7. The minimum absolute atomic E-state index is 0.141. The molecule has 0 saturated carbocycles. The van der Waals surface area contributed by atoms with Crippen LogP contribution in [0.15, 0.2) is 54.6 Å². The van der Waals surface area contributed by atoms with Gasteiger partial charge in [-0.2, -0.15) is 0 Å². The number of amides is 1. The van der Waals surface area contributed by atoms with E-state index in [0.29, 0.717) is 13.0 Å². The van der Waals surface area contributed by atoms with Gasteiger partial charge in [-0.05, 0) is 57.4 Å². The molecule has 0 fully saturated rings. The van der Waals surface area contributed by atoms with Crippen LogP contribution in [0.4, 0.5) is 9.18 Å². The summed E-state index contributed by atoms with van der Waals surface area (Å²) in [5.74, 6) is -0.272. The Morgan fingerprint density at radius 2 is 1.70 bits per heavy atom. The molecule has 0 aliphatic carbocycles. The molecule has 0 aliphatic heterocycles. The maximum Gasteiger partial charge on any atom is 0.407 e. The largest absolute Gasteiger partial charge is 0.444 e. The molecule has 1 unspecified atom stereocenters. The zero-order valence-electron chi connectivity index (χ0n) is 16.5. The number of benzene rings is 2. The second-order valence-corrected chi connectivity index (χ2v) is 7.71. The zero-order valence-corrected chi connectivity index (χ0v) is 16.5. The van der Waals surface area contributed by atoms with Gasteiger partial charge < -0.3 is 15.4 Å². The van der Waals surface area contributed by atoms with Crippen LogP contribution in [0.2, 0.25) is 0 Å². The van der Waals surface area contributed by atoms with Crippen molar-refractivity contribution in [2.45, 2.75) is 51.8 Å². The van der Waals surface area contributed by atoms with Gasteiger partial charge in [0.2, 0.25) is 0 Å². The van der Waals surface area contributed by atoms with Gasteiger partial charge in [0.1, 0.15) is 11.4 Å². The maximum absolute atomic E-state index is 13.2. The summed E-state index contributed by atoms with van der Waals surface area (Å²) >= 11 is 0. The summed E-state index contributed by atoms with van der Waals surface area (Å²) in [7, 11) is 0. The van der Waals surface area contributed by atoms with Crippen molar-refractivity contribution in [2.24, 2.45) is 0 Å². The van der Waals surface area contributed by atoms with Gasteiger partial charge in [-0.15, -0.1) is 0 Å². The molecule has 2 N–H and O–H groups in total. The molecule has 0 heterocycles. The van der Waals surface area contributed by atoms with Crippen molar-refractivity contribution in [3.63, 3.8) is 0 Å². The molecule has 0 bridgehead atoms. The van der Waals surface area contributed by atoms with Crippen molar-refractivity contribution in [2.75, 3.05) is 6.54 Å². The molecule has 0 saturated heterocycles. The van der Waals surface area contributed by atoms with Crippen molar-refractivity contribution < 1.29 is 13.9 Å². The van der Waals surface area contributed by atoms with E-state index in [9.17, 15) is 9.18 Å². The Labute approximate surface area is 161 Å². The van der Waals surface area contributed by atoms with Crippen molar-refractivity contribution in [3.05, 3.63) is 71.5 Å². The molecule has 2 rings (SSSR count). The lowest BCUT2D eigenvalue weighted by atomic mass is 10.0. The highest BCUT2D eigenvalue weighted by Gasteiger charge is 2.20. The van der Waals surface area contributed by atoms with E-state index in [2.05, 4.69) is 29.7 Å². The summed E-state index contributed by atoms with van der Waals surface area (Å²) in [5, 5.41) is 6.38. The number of carbonyl (C=O) groups is 1. The Hall–Kier alpha value is -2.40. The standard InChI is InChI=1S/C22H29FN2O2/c1-16(18-8-6-5-7-9-18)24-15-20(25-21(26)27-22(2,3)4)14-17-10-12-19(23)13-11-17/h5-13,16,20,24H,14-15H2,1-4H3,(H,25,26)/t16?,20-/m0/s1. The third kappa shape index (κ3) is 7.79. The second kappa shape index (κ2) is 9.51. The van der Waals surface area contributed by atoms with E-state index in [1.165, 1.54) is 17.7 Å². The summed E-state index contributed by atoms with van der Waals surface area (Å²) < 4.78 is 18.5. The van der Waals surface area contributed by atoms with Crippen LogP contribution < -0.4 is 10.6 Å². The molecule has 1 amide bonds. The van der Waals surface area contributed by atoms with Crippen LogP contribution in [0.3, 0.4) is 0 Å². The molecule has 0 spiro atoms. The van der Waals surface area contributed by atoms with Gasteiger partial charge in [-0.3, -0.25) is 0 Å². The predicted molar refractivity (Wildman–Crippen MR) is 106 cm³/mol. The van der Waals surface area contributed by atoms with Gasteiger partial charge in [0.05, 0.1) is 0 Å². The van der Waals surface area contributed by atoms with E-state index in [1.54, 1.807) is 12.1 Å². The monoisotopic (exact) mass is 372 g/mol. The predicted octanol–water partition coefficient (Wildman–Crippen LogP) is 4.61. The molecule has 2 atom stereocenters. The summed E-state index contributed by atoms with van der Waals surface area (Å²) in [6.07, 6.45) is 0.123. The molecular weight excluding hydrogens is 343 g/mol. The molecule has 2 aromatic rings. The van der Waals surface area contributed by atoms with Crippen molar-refractivity contribution in [1.82, 2.24) is 10.6 Å². The summed E-state index contributed by atoms with van der Waals surface area (Å²) in [4.78, 5) is 12.2. The number of nitrogens with one attached hydrogen (secondary N) is 2. The first-order valence-electron chi connectivity index (χ1n) is 9.25. The second-order valence-electron chi connectivity index (χ2n) is 7.71. The maximum atomic E-state index is 13.2. The van der Waals surface area contributed by atoms with Gasteiger partial charge in [0, 0.05) is 18.6 Å². The summed E-state index contributed by atoms with van der Waals surface area (Å²) in [6.45, 7) is 8.14. The van der Waals surface area contributed by atoms with Crippen LogP contribution >= 0.6 is 0 Å². The van der Waals surface area contributed by atoms with Crippen LogP contribution in [0.1, 0.15) is 44.9 Å². The SMILES string of the molecule is CC(NC[C@H](Cc1ccc(F)cc1)NC(=O)OC(C)(C)C)c1ccccc1. The quantitative estimate of drug-likeness (QED) is 0.746. The Kier molecular flexibility index (Phi) is 7.36. The molecule has 0 aliphatic rings. The highest BCUT2D eigenvalue weighted by molar-refractivity contribution is 5.68. The third-order valence-corrected chi connectivity index (χ3v) is 4.09. The van der Waals surface area contributed by atoms with E-state index in [1.807, 2.05) is 39.0 Å². The van der Waals surface area contributed by atoms with Crippen LogP contribution in [-0.2, 0) is 11.2 Å². The molecule has 27 heavy (non-hydrogen) atoms. The third-order valence-electron chi connectivity index (χ3n) is 4.09. The molecular formula is C22H29FN2O2. The average molecular weight is 372 g/mol. The summed E-state index contributed by atoms with van der Waals surface area (Å²) in [5.41, 5.74) is 1.57. The molecule has 5 heteroatoms. The minimum atomic E-state index is -0.560. The first-order valence-corrected chi connectivity index (χ1v) is 9.25. The van der Waals surface area contributed by atoms with Gasteiger partial charge in [0.15, 0.2) is 0 Å². The zero-order chi connectivity index (χ0) is 19.9. The number of carbonyl (C=O) groups excluding carboxylic acids is 1. The van der Waals surface area contributed by atoms with Gasteiger partial charge in [-0.25, -0.2) is 9.18 Å². The fourth-order valence-electron chi connectivity index (χ4n) is 2.73. The molecule has 0 aromatic heterocycles. The van der Waals surface area contributed by atoms with Crippen molar-refractivity contribution >= 4 is 6.09 Å². The number of ether oxygens (including phenoxy) is 1. The van der Waals surface area contributed by atoms with Gasteiger partial charge in [0.25, 0.3) is 0 Å². The van der Waals surface area contributed by atoms with Gasteiger partial charge >= 0.3 is 6.09 Å². The summed E-state index contributed by atoms with van der Waals surface area (Å²) in [6, 6.07) is 16.4. The average Bonchev–Trinajstić information content (AvgIpc) is 2.60. The van der Waals surface area contributed by atoms with E-state index in [-0.39, 0.29) is 17.9 Å². The smallest absolute Gasteiger partial charge is 0.407 e. The first-order chi connectivity index (χ1) is 12.7. The number of halogens is 1.